The first-order chi connectivity index (χ1) is 5.49. The third kappa shape index (κ3) is 2.49. The van der Waals surface area contributed by atoms with Gasteiger partial charge in [-0.1, -0.05) is 18.2 Å². The highest BCUT2D eigenvalue weighted by atomic mass is 19.3. The minimum Gasteiger partial charge on any atom is -0.399 e. The van der Waals surface area contributed by atoms with Gasteiger partial charge in [0.2, 0.25) is 5.92 Å². The number of anilines is 1. The van der Waals surface area contributed by atoms with Gasteiger partial charge in [0.25, 0.3) is 0 Å². The quantitative estimate of drug-likeness (QED) is 0.679. The number of benzene rings is 1. The Kier molecular flexibility index (Phi) is 2.31. The highest BCUT2D eigenvalue weighted by Gasteiger charge is 2.22. The number of nitrogens with two attached hydrogens (primary N) is 1. The molecule has 0 aromatic heterocycles. The van der Waals surface area contributed by atoms with Crippen LogP contribution in [-0.2, 0) is 6.42 Å². The Morgan fingerprint density at radius 2 is 1.92 bits per heavy atom. The molecule has 12 heavy (non-hydrogen) atoms. The molecule has 1 nitrogen and oxygen atoms in total. The third-order valence-corrected chi connectivity index (χ3v) is 1.56. The summed E-state index contributed by atoms with van der Waals surface area (Å²) in [5.41, 5.74) is 6.43. The zero-order valence-corrected chi connectivity index (χ0v) is 6.85. The summed E-state index contributed by atoms with van der Waals surface area (Å²) in [6.45, 7) is 0.888. The van der Waals surface area contributed by atoms with E-state index in [1.165, 1.54) is 0 Å². The van der Waals surface area contributed by atoms with Gasteiger partial charge in [-0.05, 0) is 18.6 Å². The van der Waals surface area contributed by atoms with Crippen molar-refractivity contribution in [2.75, 3.05) is 5.73 Å². The van der Waals surface area contributed by atoms with Crippen molar-refractivity contribution in [2.45, 2.75) is 19.3 Å². The van der Waals surface area contributed by atoms with E-state index in [4.69, 9.17) is 5.73 Å². The Labute approximate surface area is 70.2 Å². The van der Waals surface area contributed by atoms with Crippen LogP contribution >= 0.6 is 0 Å². The molecule has 3 heteroatoms. The van der Waals surface area contributed by atoms with Crippen molar-refractivity contribution in [1.82, 2.24) is 0 Å². The van der Waals surface area contributed by atoms with Gasteiger partial charge >= 0.3 is 0 Å². The molecular weight excluding hydrogens is 160 g/mol. The molecule has 1 aromatic rings. The lowest BCUT2D eigenvalue weighted by atomic mass is 10.1. The standard InChI is InChI=1S/C9H11F2N/c1-9(10,11)6-7-4-2-3-5-8(7)12/h2-5H,6,12H2,1H3. The van der Waals surface area contributed by atoms with Crippen LogP contribution in [0.25, 0.3) is 0 Å². The summed E-state index contributed by atoms with van der Waals surface area (Å²) in [5, 5.41) is 0. The average Bonchev–Trinajstić information content (AvgIpc) is 1.91. The number of halogens is 2. The van der Waals surface area contributed by atoms with Crippen molar-refractivity contribution in [3.63, 3.8) is 0 Å². The second kappa shape index (κ2) is 3.09. The lowest BCUT2D eigenvalue weighted by Gasteiger charge is -2.11. The lowest BCUT2D eigenvalue weighted by Crippen LogP contribution is -2.14. The van der Waals surface area contributed by atoms with E-state index in [0.717, 1.165) is 6.92 Å². The average molecular weight is 171 g/mol. The fourth-order valence-electron chi connectivity index (χ4n) is 1.03. The molecule has 0 bridgehead atoms. The van der Waals surface area contributed by atoms with E-state index in [2.05, 4.69) is 0 Å². The minimum atomic E-state index is -2.69. The maximum absolute atomic E-state index is 12.5. The van der Waals surface area contributed by atoms with Crippen molar-refractivity contribution in [3.05, 3.63) is 29.8 Å². The Morgan fingerprint density at radius 3 is 2.42 bits per heavy atom. The van der Waals surface area contributed by atoms with E-state index >= 15 is 0 Å². The molecule has 66 valence electrons. The van der Waals surface area contributed by atoms with Gasteiger partial charge < -0.3 is 5.73 Å². The third-order valence-electron chi connectivity index (χ3n) is 1.56. The molecule has 0 aliphatic rings. The maximum Gasteiger partial charge on any atom is 0.249 e. The molecule has 0 aliphatic carbocycles. The molecule has 1 rings (SSSR count). The fraction of sp³-hybridized carbons (Fsp3) is 0.333. The second-order valence-corrected chi connectivity index (χ2v) is 2.95. The Hall–Kier alpha value is -1.12. The van der Waals surface area contributed by atoms with Gasteiger partial charge in [0.15, 0.2) is 0 Å². The van der Waals surface area contributed by atoms with Gasteiger partial charge in [-0.15, -0.1) is 0 Å². The van der Waals surface area contributed by atoms with Crippen LogP contribution in [0.2, 0.25) is 0 Å². The monoisotopic (exact) mass is 171 g/mol. The first-order valence-corrected chi connectivity index (χ1v) is 3.70. The van der Waals surface area contributed by atoms with Crippen LogP contribution in [0.5, 0.6) is 0 Å². The first-order valence-electron chi connectivity index (χ1n) is 3.70. The van der Waals surface area contributed by atoms with Crippen LogP contribution in [-0.4, -0.2) is 5.92 Å². The number of para-hydroxylation sites is 1. The van der Waals surface area contributed by atoms with Crippen LogP contribution in [0.1, 0.15) is 12.5 Å². The predicted octanol–water partition coefficient (Wildman–Crippen LogP) is 2.47. The molecule has 0 heterocycles. The smallest absolute Gasteiger partial charge is 0.249 e. The van der Waals surface area contributed by atoms with E-state index < -0.39 is 5.92 Å². The second-order valence-electron chi connectivity index (χ2n) is 2.95. The summed E-state index contributed by atoms with van der Waals surface area (Å²) in [6, 6.07) is 6.68. The van der Waals surface area contributed by atoms with Gasteiger partial charge in [-0.2, -0.15) is 0 Å². The number of hydrogen-bond donors (Lipinski definition) is 1. The molecule has 0 amide bonds. The Bertz CT molecular complexity index is 265. The summed E-state index contributed by atoms with van der Waals surface area (Å²) in [6.07, 6.45) is -0.292. The van der Waals surface area contributed by atoms with Crippen molar-refractivity contribution < 1.29 is 8.78 Å². The zero-order valence-electron chi connectivity index (χ0n) is 6.85. The number of nitrogen functional groups attached to an aromatic ring is 1. The van der Waals surface area contributed by atoms with E-state index in [9.17, 15) is 8.78 Å². The number of hydrogen-bond acceptors (Lipinski definition) is 1. The molecule has 0 radical (unpaired) electrons. The van der Waals surface area contributed by atoms with Gasteiger partial charge in [0, 0.05) is 12.1 Å². The lowest BCUT2D eigenvalue weighted by molar-refractivity contribution is 0.0228. The van der Waals surface area contributed by atoms with Gasteiger partial charge in [0.05, 0.1) is 0 Å². The van der Waals surface area contributed by atoms with E-state index in [1.807, 2.05) is 0 Å². The van der Waals surface area contributed by atoms with Crippen molar-refractivity contribution in [2.24, 2.45) is 0 Å². The zero-order chi connectivity index (χ0) is 9.19. The summed E-state index contributed by atoms with van der Waals surface area (Å²) >= 11 is 0. The summed E-state index contributed by atoms with van der Waals surface area (Å²) in [5.74, 6) is -2.69. The van der Waals surface area contributed by atoms with Crippen LogP contribution in [0.15, 0.2) is 24.3 Å². The summed E-state index contributed by atoms with van der Waals surface area (Å²) in [7, 11) is 0. The van der Waals surface area contributed by atoms with Gasteiger partial charge in [0.1, 0.15) is 0 Å². The van der Waals surface area contributed by atoms with Crippen molar-refractivity contribution in [3.8, 4) is 0 Å². The van der Waals surface area contributed by atoms with Gasteiger partial charge in [-0.25, -0.2) is 8.78 Å². The molecule has 0 spiro atoms. The largest absolute Gasteiger partial charge is 0.399 e. The van der Waals surface area contributed by atoms with Gasteiger partial charge in [-0.3, -0.25) is 0 Å². The molecule has 0 atom stereocenters. The van der Waals surface area contributed by atoms with E-state index in [-0.39, 0.29) is 6.42 Å². The summed E-state index contributed by atoms with van der Waals surface area (Å²) in [4.78, 5) is 0. The minimum absolute atomic E-state index is 0.292. The summed E-state index contributed by atoms with van der Waals surface area (Å²) < 4.78 is 25.1. The number of rotatable bonds is 2. The molecule has 1 aromatic carbocycles. The molecule has 0 fully saturated rings. The van der Waals surface area contributed by atoms with Crippen LogP contribution in [0, 0.1) is 0 Å². The highest BCUT2D eigenvalue weighted by molar-refractivity contribution is 5.46. The SMILES string of the molecule is CC(F)(F)Cc1ccccc1N. The van der Waals surface area contributed by atoms with Crippen LogP contribution in [0.4, 0.5) is 14.5 Å². The van der Waals surface area contributed by atoms with Crippen molar-refractivity contribution >= 4 is 5.69 Å². The van der Waals surface area contributed by atoms with Crippen molar-refractivity contribution in [1.29, 1.82) is 0 Å². The fourth-order valence-corrected chi connectivity index (χ4v) is 1.03. The predicted molar refractivity (Wildman–Crippen MR) is 45.2 cm³/mol. The van der Waals surface area contributed by atoms with E-state index in [1.54, 1.807) is 24.3 Å². The normalized spacial score (nSPS) is 11.6. The highest BCUT2D eigenvalue weighted by Crippen LogP contribution is 2.22. The van der Waals surface area contributed by atoms with Crippen LogP contribution in [0.3, 0.4) is 0 Å². The maximum atomic E-state index is 12.5. The Balaban J connectivity index is 2.83. The molecule has 0 unspecified atom stereocenters. The molecule has 2 N–H and O–H groups in total. The molecule has 0 saturated carbocycles. The molecular formula is C9H11F2N. The number of alkyl halides is 2. The first kappa shape index (κ1) is 8.97. The van der Waals surface area contributed by atoms with E-state index in [0.29, 0.717) is 11.3 Å². The Morgan fingerprint density at radius 1 is 1.33 bits per heavy atom. The topological polar surface area (TPSA) is 26.0 Å². The molecule has 0 aliphatic heterocycles. The molecule has 0 saturated heterocycles. The van der Waals surface area contributed by atoms with Crippen LogP contribution < -0.4 is 5.73 Å².